The van der Waals surface area contributed by atoms with Gasteiger partial charge in [-0.25, -0.2) is 0 Å². The van der Waals surface area contributed by atoms with E-state index < -0.39 is 6.10 Å². The first-order chi connectivity index (χ1) is 9.38. The van der Waals surface area contributed by atoms with E-state index in [1.807, 2.05) is 44.2 Å². The third-order valence-electron chi connectivity index (χ3n) is 3.07. The Hall–Kier alpha value is -1.03. The predicted molar refractivity (Wildman–Crippen MR) is 85.8 cm³/mol. The van der Waals surface area contributed by atoms with E-state index in [1.165, 1.54) is 0 Å². The van der Waals surface area contributed by atoms with E-state index in [0.29, 0.717) is 5.02 Å². The highest BCUT2D eigenvalue weighted by Crippen LogP contribution is 2.34. The average Bonchev–Trinajstić information content (AvgIpc) is 2.33. The quantitative estimate of drug-likeness (QED) is 0.780. The van der Waals surface area contributed by atoms with Gasteiger partial charge in [-0.15, -0.1) is 0 Å². The molecule has 0 amide bonds. The first-order valence-corrected chi connectivity index (χ1v) is 7.47. The maximum Gasteiger partial charge on any atom is 0.133 e. The van der Waals surface area contributed by atoms with Crippen LogP contribution in [0.25, 0.3) is 0 Å². The highest BCUT2D eigenvalue weighted by molar-refractivity contribution is 9.10. The van der Waals surface area contributed by atoms with Crippen LogP contribution in [0.3, 0.4) is 0 Å². The van der Waals surface area contributed by atoms with Gasteiger partial charge in [-0.05, 0) is 61.7 Å². The van der Waals surface area contributed by atoms with Crippen LogP contribution in [0.2, 0.25) is 5.02 Å². The topological polar surface area (TPSA) is 29.5 Å². The number of ether oxygens (including phenoxy) is 1. The summed E-state index contributed by atoms with van der Waals surface area (Å²) in [4.78, 5) is 0. The largest absolute Gasteiger partial charge is 0.457 e. The first-order valence-electron chi connectivity index (χ1n) is 6.30. The zero-order valence-electron chi connectivity index (χ0n) is 11.6. The number of hydrogen-bond acceptors (Lipinski definition) is 2. The highest BCUT2D eigenvalue weighted by atomic mass is 79.9. The summed E-state index contributed by atoms with van der Waals surface area (Å²) >= 11 is 9.46. The number of hydrogen-bond donors (Lipinski definition) is 1. The third-order valence-corrected chi connectivity index (χ3v) is 3.97. The van der Waals surface area contributed by atoms with E-state index in [2.05, 4.69) is 15.9 Å². The van der Waals surface area contributed by atoms with Crippen LogP contribution in [0.4, 0.5) is 0 Å². The lowest BCUT2D eigenvalue weighted by molar-refractivity contribution is 0.198. The molecule has 0 fully saturated rings. The summed E-state index contributed by atoms with van der Waals surface area (Å²) in [5.74, 6) is 1.53. The van der Waals surface area contributed by atoms with E-state index >= 15 is 0 Å². The molecule has 0 saturated carbocycles. The second-order valence-electron chi connectivity index (χ2n) is 4.83. The van der Waals surface area contributed by atoms with Gasteiger partial charge in [0.15, 0.2) is 0 Å². The summed E-state index contributed by atoms with van der Waals surface area (Å²) < 4.78 is 6.77. The van der Waals surface area contributed by atoms with Crippen LogP contribution >= 0.6 is 27.5 Å². The third kappa shape index (κ3) is 3.35. The Balaban J connectivity index is 2.34. The second-order valence-corrected chi connectivity index (χ2v) is 6.12. The lowest BCUT2D eigenvalue weighted by Gasteiger charge is -2.14. The van der Waals surface area contributed by atoms with Crippen molar-refractivity contribution in [3.05, 3.63) is 56.5 Å². The van der Waals surface area contributed by atoms with Crippen LogP contribution in [0.1, 0.15) is 29.7 Å². The zero-order chi connectivity index (χ0) is 14.9. The molecular weight excluding hydrogens is 340 g/mol. The summed E-state index contributed by atoms with van der Waals surface area (Å²) in [6, 6.07) is 9.31. The summed E-state index contributed by atoms with van der Waals surface area (Å²) in [5.41, 5.74) is 2.82. The molecule has 1 N–H and O–H groups in total. The molecule has 20 heavy (non-hydrogen) atoms. The molecule has 0 aliphatic heterocycles. The molecular formula is C16H16BrClO2. The maximum atomic E-state index is 9.62. The fourth-order valence-electron chi connectivity index (χ4n) is 2.09. The van der Waals surface area contributed by atoms with Crippen molar-refractivity contribution >= 4 is 27.5 Å². The molecule has 2 rings (SSSR count). The minimum atomic E-state index is -0.516. The van der Waals surface area contributed by atoms with Crippen molar-refractivity contribution in [3.63, 3.8) is 0 Å². The lowest BCUT2D eigenvalue weighted by Crippen LogP contribution is -1.95. The van der Waals surface area contributed by atoms with Crippen molar-refractivity contribution in [1.82, 2.24) is 0 Å². The fourth-order valence-corrected chi connectivity index (χ4v) is 3.10. The van der Waals surface area contributed by atoms with Crippen molar-refractivity contribution < 1.29 is 9.84 Å². The molecule has 0 spiro atoms. The van der Waals surface area contributed by atoms with Crippen LogP contribution in [0, 0.1) is 13.8 Å². The monoisotopic (exact) mass is 354 g/mol. The molecule has 0 aliphatic carbocycles. The number of aliphatic hydroxyl groups is 1. The summed E-state index contributed by atoms with van der Waals surface area (Å²) in [6.07, 6.45) is -0.516. The number of halogens is 2. The normalized spacial score (nSPS) is 12.3. The van der Waals surface area contributed by atoms with E-state index in [9.17, 15) is 5.11 Å². The van der Waals surface area contributed by atoms with E-state index in [4.69, 9.17) is 16.3 Å². The molecule has 4 heteroatoms. The molecule has 0 aliphatic rings. The zero-order valence-corrected chi connectivity index (χ0v) is 13.9. The Kier molecular flexibility index (Phi) is 4.74. The summed E-state index contributed by atoms with van der Waals surface area (Å²) in [6.45, 7) is 5.66. The van der Waals surface area contributed by atoms with Gasteiger partial charge in [0.2, 0.25) is 0 Å². The molecule has 0 heterocycles. The average molecular weight is 356 g/mol. The van der Waals surface area contributed by atoms with E-state index in [1.54, 1.807) is 6.92 Å². The Labute approximate surface area is 132 Å². The molecule has 106 valence electrons. The van der Waals surface area contributed by atoms with Crippen LogP contribution in [0.5, 0.6) is 11.5 Å². The van der Waals surface area contributed by atoms with Crippen molar-refractivity contribution in [1.29, 1.82) is 0 Å². The first kappa shape index (κ1) is 15.4. The van der Waals surface area contributed by atoms with Crippen molar-refractivity contribution in [3.8, 4) is 11.5 Å². The minimum Gasteiger partial charge on any atom is -0.457 e. The maximum absolute atomic E-state index is 9.62. The number of benzene rings is 2. The van der Waals surface area contributed by atoms with Gasteiger partial charge in [0.25, 0.3) is 0 Å². The van der Waals surface area contributed by atoms with Gasteiger partial charge in [0.1, 0.15) is 11.5 Å². The molecule has 0 saturated heterocycles. The number of rotatable bonds is 3. The molecule has 2 aromatic rings. The Bertz CT molecular complexity index is 615. The van der Waals surface area contributed by atoms with Gasteiger partial charge in [-0.1, -0.05) is 33.6 Å². The van der Waals surface area contributed by atoms with Crippen LogP contribution in [-0.2, 0) is 0 Å². The Morgan fingerprint density at radius 3 is 2.25 bits per heavy atom. The Morgan fingerprint density at radius 2 is 1.75 bits per heavy atom. The van der Waals surface area contributed by atoms with E-state index in [-0.39, 0.29) is 0 Å². The minimum absolute atomic E-state index is 0.516. The number of aliphatic hydroxyl groups excluding tert-OH is 1. The standard InChI is InChI=1S/C16H16BrClO2/c1-9-6-12(18)7-10(2)16(9)20-13-4-5-14(11(3)19)15(17)8-13/h4-8,11,19H,1-3H3/t11-/m1/s1. The van der Waals surface area contributed by atoms with Gasteiger partial charge < -0.3 is 9.84 Å². The van der Waals surface area contributed by atoms with Crippen LogP contribution < -0.4 is 4.74 Å². The van der Waals surface area contributed by atoms with Gasteiger partial charge in [0, 0.05) is 9.50 Å². The fraction of sp³-hybridized carbons (Fsp3) is 0.250. The van der Waals surface area contributed by atoms with Crippen LogP contribution in [0.15, 0.2) is 34.8 Å². The van der Waals surface area contributed by atoms with Crippen molar-refractivity contribution in [2.45, 2.75) is 26.9 Å². The van der Waals surface area contributed by atoms with Gasteiger partial charge in [-0.3, -0.25) is 0 Å². The SMILES string of the molecule is Cc1cc(Cl)cc(C)c1Oc1ccc([C@@H](C)O)c(Br)c1. The summed E-state index contributed by atoms with van der Waals surface area (Å²) in [7, 11) is 0. The molecule has 1 atom stereocenters. The summed E-state index contributed by atoms with van der Waals surface area (Å²) in [5, 5.41) is 10.3. The second kappa shape index (κ2) is 6.17. The lowest BCUT2D eigenvalue weighted by atomic mass is 10.1. The number of aryl methyl sites for hydroxylation is 2. The van der Waals surface area contributed by atoms with Gasteiger partial charge in [-0.2, -0.15) is 0 Å². The van der Waals surface area contributed by atoms with E-state index in [0.717, 1.165) is 32.7 Å². The molecule has 0 unspecified atom stereocenters. The van der Waals surface area contributed by atoms with Crippen molar-refractivity contribution in [2.24, 2.45) is 0 Å². The van der Waals surface area contributed by atoms with Crippen molar-refractivity contribution in [2.75, 3.05) is 0 Å². The molecule has 0 aromatic heterocycles. The highest BCUT2D eigenvalue weighted by Gasteiger charge is 2.10. The van der Waals surface area contributed by atoms with Gasteiger partial charge in [0.05, 0.1) is 6.10 Å². The van der Waals surface area contributed by atoms with Gasteiger partial charge >= 0.3 is 0 Å². The van der Waals surface area contributed by atoms with Crippen LogP contribution in [-0.4, -0.2) is 5.11 Å². The predicted octanol–water partition coefficient (Wildman–Crippen LogP) is 5.56. The molecule has 0 radical (unpaired) electrons. The Morgan fingerprint density at radius 1 is 1.15 bits per heavy atom. The molecule has 0 bridgehead atoms. The molecule has 2 nitrogen and oxygen atoms in total. The smallest absolute Gasteiger partial charge is 0.133 e. The molecule has 2 aromatic carbocycles.